The van der Waals surface area contributed by atoms with Crippen LogP contribution in [0.25, 0.3) is 0 Å². The Kier molecular flexibility index (Phi) is 4.61. The first kappa shape index (κ1) is 14.4. The second-order valence-corrected chi connectivity index (χ2v) is 4.82. The smallest absolute Gasteiger partial charge is 0.166 e. The van der Waals surface area contributed by atoms with E-state index in [9.17, 15) is 0 Å². The van der Waals surface area contributed by atoms with E-state index in [1.54, 1.807) is 48.5 Å². The minimum atomic E-state index is 0.141. The van der Waals surface area contributed by atoms with E-state index in [4.69, 9.17) is 34.7 Å². The SMILES string of the molecule is NC(=Nc1ccc(Cl)cc1)C(N)=Nc1ccc(Cl)cc1. The number of hydrogen-bond acceptors (Lipinski definition) is 2. The van der Waals surface area contributed by atoms with Crippen LogP contribution in [0.15, 0.2) is 58.5 Å². The van der Waals surface area contributed by atoms with E-state index >= 15 is 0 Å². The lowest BCUT2D eigenvalue weighted by atomic mass is 10.3. The Labute approximate surface area is 126 Å². The minimum Gasteiger partial charge on any atom is -0.381 e. The summed E-state index contributed by atoms with van der Waals surface area (Å²) in [4.78, 5) is 8.34. The molecular formula is C14H12Cl2N4. The Morgan fingerprint density at radius 1 is 0.650 bits per heavy atom. The summed E-state index contributed by atoms with van der Waals surface area (Å²) in [5, 5.41) is 1.26. The van der Waals surface area contributed by atoms with Crippen LogP contribution in [-0.2, 0) is 0 Å². The highest BCUT2D eigenvalue weighted by atomic mass is 35.5. The molecule has 4 N–H and O–H groups in total. The predicted molar refractivity (Wildman–Crippen MR) is 85.5 cm³/mol. The van der Waals surface area contributed by atoms with Crippen molar-refractivity contribution in [2.24, 2.45) is 21.5 Å². The summed E-state index contributed by atoms with van der Waals surface area (Å²) in [6, 6.07) is 13.9. The molecule has 2 aromatic rings. The van der Waals surface area contributed by atoms with Gasteiger partial charge in [-0.15, -0.1) is 0 Å². The largest absolute Gasteiger partial charge is 0.381 e. The lowest BCUT2D eigenvalue weighted by molar-refractivity contribution is 1.44. The van der Waals surface area contributed by atoms with Gasteiger partial charge < -0.3 is 11.5 Å². The summed E-state index contributed by atoms with van der Waals surface area (Å²) in [5.74, 6) is 0.282. The van der Waals surface area contributed by atoms with Gasteiger partial charge in [-0.25, -0.2) is 9.98 Å². The van der Waals surface area contributed by atoms with Crippen molar-refractivity contribution in [3.8, 4) is 0 Å². The summed E-state index contributed by atoms with van der Waals surface area (Å²) in [5.41, 5.74) is 12.9. The average molecular weight is 307 g/mol. The highest BCUT2D eigenvalue weighted by Crippen LogP contribution is 2.17. The van der Waals surface area contributed by atoms with E-state index in [-0.39, 0.29) is 11.7 Å². The third-order valence-electron chi connectivity index (χ3n) is 2.41. The van der Waals surface area contributed by atoms with Crippen molar-refractivity contribution < 1.29 is 0 Å². The maximum absolute atomic E-state index is 5.80. The zero-order chi connectivity index (χ0) is 14.5. The van der Waals surface area contributed by atoms with Crippen molar-refractivity contribution in [1.82, 2.24) is 0 Å². The summed E-state index contributed by atoms with van der Waals surface area (Å²) in [7, 11) is 0. The van der Waals surface area contributed by atoms with E-state index in [1.807, 2.05) is 0 Å². The normalized spacial score (nSPS) is 12.5. The number of aliphatic imine (C=N–C) groups is 2. The Bertz CT molecular complexity index is 586. The van der Waals surface area contributed by atoms with Crippen LogP contribution in [0.2, 0.25) is 10.0 Å². The van der Waals surface area contributed by atoms with E-state index in [0.29, 0.717) is 21.4 Å². The average Bonchev–Trinajstić information content (AvgIpc) is 2.44. The molecule has 0 spiro atoms. The van der Waals surface area contributed by atoms with Gasteiger partial charge in [-0.05, 0) is 48.5 Å². The molecule has 0 unspecified atom stereocenters. The molecule has 4 nitrogen and oxygen atoms in total. The van der Waals surface area contributed by atoms with Gasteiger partial charge >= 0.3 is 0 Å². The van der Waals surface area contributed by atoms with Gasteiger partial charge in [0.1, 0.15) is 0 Å². The minimum absolute atomic E-state index is 0.141. The number of rotatable bonds is 2. The fraction of sp³-hybridized carbons (Fsp3) is 0. The molecule has 6 heteroatoms. The fourth-order valence-corrected chi connectivity index (χ4v) is 1.68. The monoisotopic (exact) mass is 306 g/mol. The van der Waals surface area contributed by atoms with E-state index < -0.39 is 0 Å². The van der Waals surface area contributed by atoms with Crippen molar-refractivity contribution in [2.75, 3.05) is 0 Å². The summed E-state index contributed by atoms with van der Waals surface area (Å²) >= 11 is 11.6. The molecule has 0 saturated heterocycles. The van der Waals surface area contributed by atoms with Crippen LogP contribution >= 0.6 is 23.2 Å². The molecule has 0 bridgehead atoms. The molecule has 0 atom stereocenters. The van der Waals surface area contributed by atoms with Gasteiger partial charge in [0.25, 0.3) is 0 Å². The Morgan fingerprint density at radius 2 is 0.950 bits per heavy atom. The topological polar surface area (TPSA) is 76.8 Å². The molecule has 0 radical (unpaired) electrons. The maximum Gasteiger partial charge on any atom is 0.166 e. The first-order valence-corrected chi connectivity index (χ1v) is 6.50. The number of amidine groups is 2. The molecule has 0 fully saturated rings. The maximum atomic E-state index is 5.80. The van der Waals surface area contributed by atoms with Gasteiger partial charge in [0, 0.05) is 10.0 Å². The number of halogens is 2. The van der Waals surface area contributed by atoms with Crippen molar-refractivity contribution in [2.45, 2.75) is 0 Å². The van der Waals surface area contributed by atoms with Gasteiger partial charge in [-0.1, -0.05) is 23.2 Å². The number of benzene rings is 2. The number of nitrogens with two attached hydrogens (primary N) is 2. The second kappa shape index (κ2) is 6.41. The van der Waals surface area contributed by atoms with Crippen LogP contribution in [0.4, 0.5) is 11.4 Å². The quantitative estimate of drug-likeness (QED) is 0.656. The Balaban J connectivity index is 2.21. The van der Waals surface area contributed by atoms with Gasteiger partial charge in [-0.2, -0.15) is 0 Å². The molecule has 0 aliphatic carbocycles. The second-order valence-electron chi connectivity index (χ2n) is 3.95. The third-order valence-corrected chi connectivity index (χ3v) is 2.92. The van der Waals surface area contributed by atoms with Crippen molar-refractivity contribution in [1.29, 1.82) is 0 Å². The highest BCUT2D eigenvalue weighted by Gasteiger charge is 2.01. The van der Waals surface area contributed by atoms with Gasteiger partial charge in [-0.3, -0.25) is 0 Å². The van der Waals surface area contributed by atoms with Crippen molar-refractivity contribution >= 4 is 46.2 Å². The zero-order valence-corrected chi connectivity index (χ0v) is 11.9. The lowest BCUT2D eigenvalue weighted by Crippen LogP contribution is -2.30. The molecular weight excluding hydrogens is 295 g/mol. The number of nitrogens with zero attached hydrogens (tertiary/aromatic N) is 2. The molecule has 20 heavy (non-hydrogen) atoms. The Morgan fingerprint density at radius 3 is 1.25 bits per heavy atom. The van der Waals surface area contributed by atoms with Crippen LogP contribution in [0, 0.1) is 0 Å². The van der Waals surface area contributed by atoms with Crippen LogP contribution in [0.5, 0.6) is 0 Å². The van der Waals surface area contributed by atoms with Crippen LogP contribution in [0.1, 0.15) is 0 Å². The molecule has 0 aliphatic heterocycles. The first-order chi connectivity index (χ1) is 9.54. The molecule has 0 aromatic heterocycles. The molecule has 0 saturated carbocycles. The highest BCUT2D eigenvalue weighted by molar-refractivity contribution is 6.40. The fourth-order valence-electron chi connectivity index (χ4n) is 1.42. The van der Waals surface area contributed by atoms with E-state index in [1.165, 1.54) is 0 Å². The predicted octanol–water partition coefficient (Wildman–Crippen LogP) is 3.67. The zero-order valence-electron chi connectivity index (χ0n) is 10.4. The molecule has 0 amide bonds. The summed E-state index contributed by atoms with van der Waals surface area (Å²) < 4.78 is 0. The van der Waals surface area contributed by atoms with Gasteiger partial charge in [0.15, 0.2) is 11.7 Å². The lowest BCUT2D eigenvalue weighted by Gasteiger charge is -2.01. The molecule has 2 rings (SSSR count). The first-order valence-electron chi connectivity index (χ1n) is 5.74. The van der Waals surface area contributed by atoms with Crippen LogP contribution in [0.3, 0.4) is 0 Å². The molecule has 102 valence electrons. The van der Waals surface area contributed by atoms with Gasteiger partial charge in [0.05, 0.1) is 11.4 Å². The van der Waals surface area contributed by atoms with Crippen molar-refractivity contribution in [3.63, 3.8) is 0 Å². The van der Waals surface area contributed by atoms with E-state index in [2.05, 4.69) is 9.98 Å². The van der Waals surface area contributed by atoms with E-state index in [0.717, 1.165) is 0 Å². The van der Waals surface area contributed by atoms with Crippen molar-refractivity contribution in [3.05, 3.63) is 58.6 Å². The molecule has 0 heterocycles. The molecule has 2 aromatic carbocycles. The summed E-state index contributed by atoms with van der Waals surface area (Å²) in [6.45, 7) is 0. The van der Waals surface area contributed by atoms with Crippen LogP contribution in [-0.4, -0.2) is 11.7 Å². The summed E-state index contributed by atoms with van der Waals surface area (Å²) in [6.07, 6.45) is 0. The standard InChI is InChI=1S/C14H12Cl2N4/c15-9-1-5-11(6-2-9)19-13(17)14(18)20-12-7-3-10(16)4-8-12/h1-8H,(H2,17,19)(H2,18,20). The molecule has 0 aliphatic rings. The Hall–Kier alpha value is -2.04. The number of hydrogen-bond donors (Lipinski definition) is 2. The third kappa shape index (κ3) is 3.98. The van der Waals surface area contributed by atoms with Crippen LogP contribution < -0.4 is 11.5 Å². The van der Waals surface area contributed by atoms with Gasteiger partial charge in [0.2, 0.25) is 0 Å².